The Balaban J connectivity index is 2.23. The third-order valence-corrected chi connectivity index (χ3v) is 4.70. The first kappa shape index (κ1) is 21.2. The number of aromatic nitrogens is 2. The zero-order chi connectivity index (χ0) is 20.1. The molecule has 0 aliphatic carbocycles. The Labute approximate surface area is 162 Å². The fraction of sp³-hybridized carbons (Fsp3) is 0.474. The van der Waals surface area contributed by atoms with E-state index in [1.165, 1.54) is 7.05 Å². The van der Waals surface area contributed by atoms with Crippen LogP contribution in [0.25, 0.3) is 0 Å². The number of unbranched alkanes of at least 4 members (excludes halogenated alkanes) is 1. The van der Waals surface area contributed by atoms with Crippen molar-refractivity contribution < 1.29 is 18.3 Å². The normalized spacial score (nSPS) is 12.3. The van der Waals surface area contributed by atoms with Crippen molar-refractivity contribution in [1.82, 2.24) is 9.78 Å². The first-order valence-electron chi connectivity index (χ1n) is 8.84. The summed E-state index contributed by atoms with van der Waals surface area (Å²) in [5.41, 5.74) is 0.225. The molecule has 1 heterocycles. The van der Waals surface area contributed by atoms with Crippen molar-refractivity contribution in [3.63, 3.8) is 0 Å². The van der Waals surface area contributed by atoms with Gasteiger partial charge in [-0.3, -0.25) is 9.48 Å². The van der Waals surface area contributed by atoms with Crippen LogP contribution in [0.15, 0.2) is 18.2 Å². The Hall–Kier alpha value is -2.15. The second-order valence-corrected chi connectivity index (χ2v) is 6.79. The Bertz CT molecular complexity index is 808. The van der Waals surface area contributed by atoms with Crippen LogP contribution in [-0.4, -0.2) is 21.8 Å². The van der Waals surface area contributed by atoms with Crippen LogP contribution < -0.4 is 10.1 Å². The SMILES string of the molecule is CCCCC(C)Oc1cccc(NC(=O)c2c(C(F)F)nn(C)c2Cl)c1C. The molecule has 27 heavy (non-hydrogen) atoms. The van der Waals surface area contributed by atoms with Crippen LogP contribution in [0.5, 0.6) is 5.75 Å². The van der Waals surface area contributed by atoms with Crippen molar-refractivity contribution in [2.24, 2.45) is 7.05 Å². The van der Waals surface area contributed by atoms with Crippen LogP contribution in [-0.2, 0) is 7.05 Å². The van der Waals surface area contributed by atoms with Crippen molar-refractivity contribution in [3.05, 3.63) is 40.2 Å². The van der Waals surface area contributed by atoms with Gasteiger partial charge in [0.05, 0.1) is 6.10 Å². The lowest BCUT2D eigenvalue weighted by atomic mass is 10.1. The first-order chi connectivity index (χ1) is 12.8. The zero-order valence-electron chi connectivity index (χ0n) is 15.9. The van der Waals surface area contributed by atoms with Crippen molar-refractivity contribution in [3.8, 4) is 5.75 Å². The lowest BCUT2D eigenvalue weighted by molar-refractivity contribution is 0.101. The predicted molar refractivity (Wildman–Crippen MR) is 102 cm³/mol. The molecule has 2 rings (SSSR count). The van der Waals surface area contributed by atoms with Gasteiger partial charge in [0.15, 0.2) is 0 Å². The van der Waals surface area contributed by atoms with Gasteiger partial charge >= 0.3 is 0 Å². The molecular formula is C19H24ClF2N3O2. The minimum atomic E-state index is -2.90. The minimum absolute atomic E-state index is 0.0350. The van der Waals surface area contributed by atoms with Gasteiger partial charge in [-0.2, -0.15) is 5.10 Å². The van der Waals surface area contributed by atoms with E-state index < -0.39 is 18.0 Å². The summed E-state index contributed by atoms with van der Waals surface area (Å²) in [5, 5.41) is 6.13. The third-order valence-electron chi connectivity index (χ3n) is 4.26. The summed E-state index contributed by atoms with van der Waals surface area (Å²) in [4.78, 5) is 12.6. The molecular weight excluding hydrogens is 376 g/mol. The maximum Gasteiger partial charge on any atom is 0.283 e. The zero-order valence-corrected chi connectivity index (χ0v) is 16.6. The molecule has 0 saturated heterocycles. The second-order valence-electron chi connectivity index (χ2n) is 6.43. The second kappa shape index (κ2) is 9.17. The van der Waals surface area contributed by atoms with E-state index >= 15 is 0 Å². The molecule has 1 amide bonds. The average molecular weight is 400 g/mol. The van der Waals surface area contributed by atoms with Gasteiger partial charge < -0.3 is 10.1 Å². The van der Waals surface area contributed by atoms with Crippen molar-refractivity contribution in [1.29, 1.82) is 0 Å². The van der Waals surface area contributed by atoms with E-state index in [-0.39, 0.29) is 16.8 Å². The summed E-state index contributed by atoms with van der Waals surface area (Å²) in [5.74, 6) is -0.0922. The Kier molecular flexibility index (Phi) is 7.18. The summed E-state index contributed by atoms with van der Waals surface area (Å²) in [6.07, 6.45) is 0.205. The molecule has 148 valence electrons. The van der Waals surface area contributed by atoms with E-state index in [1.54, 1.807) is 19.1 Å². The molecule has 1 aromatic heterocycles. The Morgan fingerprint density at radius 3 is 2.74 bits per heavy atom. The molecule has 1 N–H and O–H groups in total. The van der Waals surface area contributed by atoms with Crippen LogP contribution in [0.2, 0.25) is 5.15 Å². The molecule has 0 saturated carbocycles. The van der Waals surface area contributed by atoms with Crippen molar-refractivity contribution in [2.45, 2.75) is 52.6 Å². The number of anilines is 1. The largest absolute Gasteiger partial charge is 0.490 e. The number of halogens is 3. The fourth-order valence-corrected chi connectivity index (χ4v) is 2.94. The highest BCUT2D eigenvalue weighted by Gasteiger charge is 2.27. The van der Waals surface area contributed by atoms with Gasteiger partial charge in [-0.05, 0) is 32.4 Å². The van der Waals surface area contributed by atoms with Crippen LogP contribution in [0.1, 0.15) is 61.2 Å². The van der Waals surface area contributed by atoms with Crippen molar-refractivity contribution >= 4 is 23.2 Å². The third kappa shape index (κ3) is 4.97. The number of alkyl halides is 2. The lowest BCUT2D eigenvalue weighted by Gasteiger charge is -2.18. The Morgan fingerprint density at radius 1 is 1.41 bits per heavy atom. The number of amides is 1. The van der Waals surface area contributed by atoms with Gasteiger partial charge in [-0.15, -0.1) is 0 Å². The summed E-state index contributed by atoms with van der Waals surface area (Å²) in [7, 11) is 1.41. The number of aryl methyl sites for hydroxylation is 1. The highest BCUT2D eigenvalue weighted by atomic mass is 35.5. The number of nitrogens with zero attached hydrogens (tertiary/aromatic N) is 2. The number of rotatable bonds is 8. The minimum Gasteiger partial charge on any atom is -0.490 e. The predicted octanol–water partition coefficient (Wildman–Crippen LogP) is 5.53. The Morgan fingerprint density at radius 2 is 2.11 bits per heavy atom. The van der Waals surface area contributed by atoms with Crippen LogP contribution in [0.3, 0.4) is 0 Å². The number of nitrogens with one attached hydrogen (secondary N) is 1. The van der Waals surface area contributed by atoms with Crippen LogP contribution in [0, 0.1) is 6.92 Å². The number of ether oxygens (including phenoxy) is 1. The van der Waals surface area contributed by atoms with E-state index in [4.69, 9.17) is 16.3 Å². The number of hydrogen-bond acceptors (Lipinski definition) is 3. The smallest absolute Gasteiger partial charge is 0.283 e. The molecule has 1 unspecified atom stereocenters. The molecule has 8 heteroatoms. The summed E-state index contributed by atoms with van der Waals surface area (Å²) in [6.45, 7) is 5.91. The van der Waals surface area contributed by atoms with Crippen LogP contribution >= 0.6 is 11.6 Å². The summed E-state index contributed by atoms with van der Waals surface area (Å²) >= 11 is 5.99. The molecule has 0 aliphatic heterocycles. The van der Waals surface area contributed by atoms with Gasteiger partial charge in [0.2, 0.25) is 0 Å². The summed E-state index contributed by atoms with van der Waals surface area (Å²) in [6, 6.07) is 5.24. The number of carbonyl (C=O) groups is 1. The molecule has 5 nitrogen and oxygen atoms in total. The van der Waals surface area contributed by atoms with Crippen LogP contribution in [0.4, 0.5) is 14.5 Å². The van der Waals surface area contributed by atoms with E-state index in [0.29, 0.717) is 17.0 Å². The maximum atomic E-state index is 13.2. The quantitative estimate of drug-likeness (QED) is 0.635. The highest BCUT2D eigenvalue weighted by molar-refractivity contribution is 6.33. The fourth-order valence-electron chi connectivity index (χ4n) is 2.72. The first-order valence-corrected chi connectivity index (χ1v) is 9.22. The maximum absolute atomic E-state index is 13.2. The average Bonchev–Trinajstić information content (AvgIpc) is 2.92. The molecule has 0 bridgehead atoms. The van der Waals surface area contributed by atoms with Gasteiger partial charge in [0.25, 0.3) is 12.3 Å². The molecule has 1 aromatic carbocycles. The van der Waals surface area contributed by atoms with Gasteiger partial charge in [-0.25, -0.2) is 8.78 Å². The molecule has 0 radical (unpaired) electrons. The van der Waals surface area contributed by atoms with Gasteiger partial charge in [-0.1, -0.05) is 37.4 Å². The number of carbonyl (C=O) groups excluding carboxylic acids is 1. The molecule has 2 aromatic rings. The van der Waals surface area contributed by atoms with E-state index in [9.17, 15) is 13.6 Å². The molecule has 0 spiro atoms. The lowest BCUT2D eigenvalue weighted by Crippen LogP contribution is -2.16. The number of hydrogen-bond donors (Lipinski definition) is 1. The number of benzene rings is 1. The van der Waals surface area contributed by atoms with E-state index in [2.05, 4.69) is 17.3 Å². The van der Waals surface area contributed by atoms with E-state index in [0.717, 1.165) is 23.9 Å². The monoisotopic (exact) mass is 399 g/mol. The standard InChI is InChI=1S/C19H24ClF2N3O2/c1-5-6-8-11(2)27-14-10-7-9-13(12(14)3)23-19(26)15-16(18(21)22)24-25(4)17(15)20/h7,9-11,18H,5-6,8H2,1-4H3,(H,23,26). The molecule has 0 fully saturated rings. The topological polar surface area (TPSA) is 56.1 Å². The highest BCUT2D eigenvalue weighted by Crippen LogP contribution is 2.31. The van der Waals surface area contributed by atoms with Gasteiger partial charge in [0.1, 0.15) is 22.2 Å². The van der Waals surface area contributed by atoms with Crippen molar-refractivity contribution in [2.75, 3.05) is 5.32 Å². The summed E-state index contributed by atoms with van der Waals surface area (Å²) < 4.78 is 33.4. The molecule has 0 aliphatic rings. The van der Waals surface area contributed by atoms with E-state index in [1.807, 2.05) is 13.0 Å². The van der Waals surface area contributed by atoms with Gasteiger partial charge in [0, 0.05) is 18.3 Å². The molecule has 1 atom stereocenters.